The van der Waals surface area contributed by atoms with Gasteiger partial charge in [0.25, 0.3) is 0 Å². The summed E-state index contributed by atoms with van der Waals surface area (Å²) in [7, 11) is 0. The molecular formula is C16H18N4S. The van der Waals surface area contributed by atoms with Gasteiger partial charge in [0.2, 0.25) is 0 Å². The third-order valence-corrected chi connectivity index (χ3v) is 4.18. The van der Waals surface area contributed by atoms with Gasteiger partial charge in [-0.05, 0) is 55.2 Å². The Morgan fingerprint density at radius 3 is 2.90 bits per heavy atom. The molecule has 0 aliphatic rings. The van der Waals surface area contributed by atoms with Gasteiger partial charge in [-0.15, -0.1) is 5.10 Å². The normalized spacial score (nSPS) is 12.7. The monoisotopic (exact) mass is 298 g/mol. The minimum absolute atomic E-state index is 0.149. The van der Waals surface area contributed by atoms with E-state index in [0.717, 1.165) is 29.1 Å². The highest BCUT2D eigenvalue weighted by Gasteiger charge is 2.16. The van der Waals surface area contributed by atoms with Gasteiger partial charge in [0, 0.05) is 11.1 Å². The van der Waals surface area contributed by atoms with Gasteiger partial charge in [-0.2, -0.15) is 0 Å². The van der Waals surface area contributed by atoms with Gasteiger partial charge in [-0.1, -0.05) is 23.5 Å². The fourth-order valence-electron chi connectivity index (χ4n) is 2.40. The summed E-state index contributed by atoms with van der Waals surface area (Å²) in [6, 6.07) is 10.8. The summed E-state index contributed by atoms with van der Waals surface area (Å²) in [6.07, 6.45) is 2.94. The van der Waals surface area contributed by atoms with Crippen LogP contribution in [0.2, 0.25) is 0 Å². The fraction of sp³-hybridized carbons (Fsp3) is 0.312. The molecule has 1 atom stereocenters. The highest BCUT2D eigenvalue weighted by molar-refractivity contribution is 7.05. The first kappa shape index (κ1) is 14.1. The van der Waals surface area contributed by atoms with Crippen LogP contribution in [0.15, 0.2) is 36.5 Å². The Balaban J connectivity index is 2.00. The van der Waals surface area contributed by atoms with Gasteiger partial charge >= 0.3 is 0 Å². The van der Waals surface area contributed by atoms with E-state index in [0.29, 0.717) is 0 Å². The van der Waals surface area contributed by atoms with Crippen molar-refractivity contribution in [2.75, 3.05) is 6.54 Å². The number of aryl methyl sites for hydroxylation is 1. The van der Waals surface area contributed by atoms with Crippen molar-refractivity contribution in [2.45, 2.75) is 26.3 Å². The smallest absolute Gasteiger partial charge is 0.0705 e. The lowest BCUT2D eigenvalue weighted by molar-refractivity contribution is 0.605. The molecule has 0 saturated heterocycles. The molecule has 1 unspecified atom stereocenters. The lowest BCUT2D eigenvalue weighted by atomic mass is 10.0. The average molecular weight is 298 g/mol. The maximum Gasteiger partial charge on any atom is 0.0705 e. The number of nitrogens with one attached hydrogen (secondary N) is 1. The van der Waals surface area contributed by atoms with Crippen molar-refractivity contribution in [1.82, 2.24) is 19.9 Å². The lowest BCUT2D eigenvalue weighted by Gasteiger charge is -2.17. The maximum atomic E-state index is 4.56. The SMILES string of the molecule is CCCNC(c1ccc2nc(C)ccc2c1)c1cnns1. The van der Waals surface area contributed by atoms with Crippen LogP contribution in [0.1, 0.15) is 35.5 Å². The zero-order chi connectivity index (χ0) is 14.7. The second-order valence-corrected chi connectivity index (χ2v) is 5.93. The first-order chi connectivity index (χ1) is 10.3. The summed E-state index contributed by atoms with van der Waals surface area (Å²) in [5, 5.41) is 8.71. The summed E-state index contributed by atoms with van der Waals surface area (Å²) < 4.78 is 3.99. The molecule has 0 radical (unpaired) electrons. The van der Waals surface area contributed by atoms with E-state index in [-0.39, 0.29) is 6.04 Å². The Bertz CT molecular complexity index is 724. The van der Waals surface area contributed by atoms with E-state index >= 15 is 0 Å². The summed E-state index contributed by atoms with van der Waals surface area (Å²) >= 11 is 1.44. The van der Waals surface area contributed by atoms with Crippen molar-refractivity contribution in [3.05, 3.63) is 52.7 Å². The van der Waals surface area contributed by atoms with Crippen LogP contribution < -0.4 is 5.32 Å². The highest BCUT2D eigenvalue weighted by atomic mass is 32.1. The third kappa shape index (κ3) is 3.09. The second kappa shape index (κ2) is 6.28. The summed E-state index contributed by atoms with van der Waals surface area (Å²) in [5.74, 6) is 0. The Kier molecular flexibility index (Phi) is 4.22. The Labute approximate surface area is 128 Å². The van der Waals surface area contributed by atoms with Crippen molar-refractivity contribution in [3.8, 4) is 0 Å². The topological polar surface area (TPSA) is 50.7 Å². The molecule has 108 valence electrons. The molecule has 1 aromatic carbocycles. The highest BCUT2D eigenvalue weighted by Crippen LogP contribution is 2.26. The van der Waals surface area contributed by atoms with Crippen LogP contribution in [0, 0.1) is 6.92 Å². The summed E-state index contributed by atoms with van der Waals surface area (Å²) in [4.78, 5) is 5.70. The fourth-order valence-corrected chi connectivity index (χ4v) is 3.01. The Morgan fingerprint density at radius 1 is 1.24 bits per heavy atom. The number of benzene rings is 1. The number of hydrogen-bond donors (Lipinski definition) is 1. The van der Waals surface area contributed by atoms with E-state index in [1.165, 1.54) is 22.5 Å². The molecule has 3 rings (SSSR count). The quantitative estimate of drug-likeness (QED) is 0.783. The maximum absolute atomic E-state index is 4.56. The van der Waals surface area contributed by atoms with Crippen LogP contribution in [0.5, 0.6) is 0 Å². The summed E-state index contributed by atoms with van der Waals surface area (Å²) in [6.45, 7) is 5.15. The number of nitrogens with zero attached hydrogens (tertiary/aromatic N) is 3. The second-order valence-electron chi connectivity index (χ2n) is 5.11. The van der Waals surface area contributed by atoms with Gasteiger partial charge in [0.15, 0.2) is 0 Å². The van der Waals surface area contributed by atoms with Gasteiger partial charge in [-0.25, -0.2) is 0 Å². The van der Waals surface area contributed by atoms with Crippen LogP contribution in [0.25, 0.3) is 10.9 Å². The van der Waals surface area contributed by atoms with Crippen molar-refractivity contribution in [3.63, 3.8) is 0 Å². The molecule has 3 aromatic rings. The summed E-state index contributed by atoms with van der Waals surface area (Å²) in [5.41, 5.74) is 3.31. The van der Waals surface area contributed by atoms with E-state index in [1.54, 1.807) is 0 Å². The van der Waals surface area contributed by atoms with Crippen molar-refractivity contribution in [1.29, 1.82) is 0 Å². The zero-order valence-corrected chi connectivity index (χ0v) is 13.0. The molecule has 0 fully saturated rings. The molecular weight excluding hydrogens is 280 g/mol. The van der Waals surface area contributed by atoms with E-state index in [9.17, 15) is 0 Å². The molecule has 0 aliphatic carbocycles. The van der Waals surface area contributed by atoms with Crippen LogP contribution in [-0.2, 0) is 0 Å². The molecule has 0 aliphatic heterocycles. The third-order valence-electron chi connectivity index (χ3n) is 3.45. The minimum Gasteiger partial charge on any atom is -0.305 e. The molecule has 2 aromatic heterocycles. The van der Waals surface area contributed by atoms with Crippen LogP contribution in [0.3, 0.4) is 0 Å². The Hall–Kier alpha value is -1.85. The number of aromatic nitrogens is 3. The number of rotatable bonds is 5. The van der Waals surface area contributed by atoms with Crippen molar-refractivity contribution in [2.24, 2.45) is 0 Å². The molecule has 0 amide bonds. The minimum atomic E-state index is 0.149. The Morgan fingerprint density at radius 2 is 2.14 bits per heavy atom. The zero-order valence-electron chi connectivity index (χ0n) is 12.2. The van der Waals surface area contributed by atoms with Crippen molar-refractivity contribution >= 4 is 22.4 Å². The van der Waals surface area contributed by atoms with Crippen LogP contribution >= 0.6 is 11.5 Å². The molecule has 1 N–H and O–H groups in total. The predicted octanol–water partition coefficient (Wildman–Crippen LogP) is 3.48. The molecule has 0 saturated carbocycles. The molecule has 0 bridgehead atoms. The largest absolute Gasteiger partial charge is 0.305 e. The van der Waals surface area contributed by atoms with Gasteiger partial charge in [0.1, 0.15) is 0 Å². The molecule has 21 heavy (non-hydrogen) atoms. The molecule has 0 spiro atoms. The first-order valence-corrected chi connectivity index (χ1v) is 7.93. The number of fused-ring (bicyclic) bond motifs is 1. The first-order valence-electron chi connectivity index (χ1n) is 7.16. The van der Waals surface area contributed by atoms with E-state index in [4.69, 9.17) is 0 Å². The standard InChI is InChI=1S/C16H18N4S/c1-3-8-17-16(15-10-18-20-21-15)13-6-7-14-12(9-13)5-4-11(2)19-14/h4-7,9-10,16-17H,3,8H2,1-2H3. The van der Waals surface area contributed by atoms with Gasteiger partial charge in [-0.3, -0.25) is 4.98 Å². The van der Waals surface area contributed by atoms with Crippen LogP contribution in [-0.4, -0.2) is 21.1 Å². The van der Waals surface area contributed by atoms with E-state index < -0.39 is 0 Å². The van der Waals surface area contributed by atoms with Gasteiger partial charge < -0.3 is 5.32 Å². The number of hydrogen-bond acceptors (Lipinski definition) is 5. The number of pyridine rings is 1. The molecule has 5 heteroatoms. The molecule has 4 nitrogen and oxygen atoms in total. The van der Waals surface area contributed by atoms with Gasteiger partial charge in [0.05, 0.1) is 22.6 Å². The van der Waals surface area contributed by atoms with E-state index in [2.05, 4.69) is 57.1 Å². The molecule has 2 heterocycles. The predicted molar refractivity (Wildman–Crippen MR) is 86.5 cm³/mol. The van der Waals surface area contributed by atoms with E-state index in [1.807, 2.05) is 13.1 Å². The lowest BCUT2D eigenvalue weighted by Crippen LogP contribution is -2.22. The van der Waals surface area contributed by atoms with Crippen LogP contribution in [0.4, 0.5) is 0 Å². The van der Waals surface area contributed by atoms with Crippen molar-refractivity contribution < 1.29 is 0 Å². The average Bonchev–Trinajstić information content (AvgIpc) is 3.02.